The number of phenolic OH excluding ortho intramolecular Hbond substituents is 1. The Bertz CT molecular complexity index is 382. The van der Waals surface area contributed by atoms with E-state index in [0.717, 1.165) is 18.2 Å². The number of ketones is 1. The number of hydrogen-bond acceptors (Lipinski definition) is 3. The summed E-state index contributed by atoms with van der Waals surface area (Å²) in [6.45, 7) is -3.02. The molecule has 0 aliphatic heterocycles. The van der Waals surface area contributed by atoms with E-state index in [0.29, 0.717) is 0 Å². The van der Waals surface area contributed by atoms with Gasteiger partial charge < -0.3 is 9.84 Å². The summed E-state index contributed by atoms with van der Waals surface area (Å²) in [5.41, 5.74) is -0.0963. The highest BCUT2D eigenvalue weighted by molar-refractivity contribution is 6.19. The van der Waals surface area contributed by atoms with Crippen LogP contribution in [0.3, 0.4) is 0 Å². The molecule has 6 heteroatoms. The minimum absolute atomic E-state index is 0.00932. The van der Waals surface area contributed by atoms with E-state index in [-0.39, 0.29) is 29.4 Å². The summed E-state index contributed by atoms with van der Waals surface area (Å²) in [6, 6.07) is 3.35. The monoisotopic (exact) mass is 250 g/mol. The third kappa shape index (κ3) is 3.34. The molecule has 0 saturated carbocycles. The molecule has 0 atom stereocenters. The molecule has 0 radical (unpaired) electrons. The van der Waals surface area contributed by atoms with Gasteiger partial charge in [-0.2, -0.15) is 8.78 Å². The second-order valence-electron chi connectivity index (χ2n) is 2.92. The highest BCUT2D eigenvalue weighted by Gasteiger charge is 2.16. The van der Waals surface area contributed by atoms with Gasteiger partial charge >= 0.3 is 6.61 Å². The molecule has 0 spiro atoms. The van der Waals surface area contributed by atoms with Gasteiger partial charge in [0.15, 0.2) is 5.78 Å². The number of carbonyl (C=O) groups excluding carboxylic acids is 1. The summed E-state index contributed by atoms with van der Waals surface area (Å²) in [6.07, 6.45) is -0.00932. The average molecular weight is 251 g/mol. The van der Waals surface area contributed by atoms with E-state index in [1.54, 1.807) is 0 Å². The van der Waals surface area contributed by atoms with Gasteiger partial charge in [-0.25, -0.2) is 0 Å². The van der Waals surface area contributed by atoms with Gasteiger partial charge in [0.25, 0.3) is 0 Å². The van der Waals surface area contributed by atoms with E-state index in [9.17, 15) is 13.6 Å². The molecule has 0 saturated heterocycles. The smallest absolute Gasteiger partial charge is 0.387 e. The van der Waals surface area contributed by atoms with Gasteiger partial charge in [0.05, 0.1) is 5.56 Å². The van der Waals surface area contributed by atoms with Crippen molar-refractivity contribution < 1.29 is 23.4 Å². The molecule has 1 N–H and O–H groups in total. The lowest BCUT2D eigenvalue weighted by molar-refractivity contribution is -0.0501. The minimum Gasteiger partial charge on any atom is -0.508 e. The Hall–Kier alpha value is -1.36. The van der Waals surface area contributed by atoms with Crippen LogP contribution in [0.15, 0.2) is 18.2 Å². The molecule has 0 unspecified atom stereocenters. The van der Waals surface area contributed by atoms with E-state index < -0.39 is 12.4 Å². The number of Topliss-reactive ketones (excluding diaryl/α,β-unsaturated/α-hetero) is 1. The van der Waals surface area contributed by atoms with Crippen LogP contribution < -0.4 is 4.74 Å². The van der Waals surface area contributed by atoms with Crippen LogP contribution in [0, 0.1) is 0 Å². The summed E-state index contributed by atoms with van der Waals surface area (Å²) in [4.78, 5) is 11.5. The number of hydrogen-bond donors (Lipinski definition) is 1. The Labute approximate surface area is 95.6 Å². The normalized spacial score (nSPS) is 10.5. The fourth-order valence-corrected chi connectivity index (χ4v) is 1.33. The standard InChI is InChI=1S/C10H9ClF2O3/c11-4-3-8(15)7-5-6(14)1-2-9(7)16-10(12)13/h1-2,5,10,14H,3-4H2. The van der Waals surface area contributed by atoms with Crippen molar-refractivity contribution in [1.29, 1.82) is 0 Å². The van der Waals surface area contributed by atoms with Gasteiger partial charge in [0.2, 0.25) is 0 Å². The van der Waals surface area contributed by atoms with Crippen molar-refractivity contribution in [3.8, 4) is 11.5 Å². The molecular weight excluding hydrogens is 242 g/mol. The lowest BCUT2D eigenvalue weighted by Crippen LogP contribution is -2.08. The van der Waals surface area contributed by atoms with Crippen molar-refractivity contribution in [2.45, 2.75) is 13.0 Å². The molecule has 1 aromatic rings. The van der Waals surface area contributed by atoms with E-state index in [1.807, 2.05) is 0 Å². The molecule has 0 aromatic heterocycles. The number of ether oxygens (including phenoxy) is 1. The zero-order valence-corrected chi connectivity index (χ0v) is 8.88. The van der Waals surface area contributed by atoms with Gasteiger partial charge in [0.1, 0.15) is 11.5 Å². The van der Waals surface area contributed by atoms with Crippen LogP contribution in [0.25, 0.3) is 0 Å². The first-order chi connectivity index (χ1) is 7.54. The maximum atomic E-state index is 12.0. The molecule has 0 amide bonds. The summed E-state index contributed by atoms with van der Waals surface area (Å²) >= 11 is 5.37. The van der Waals surface area contributed by atoms with Crippen LogP contribution in [-0.4, -0.2) is 23.4 Å². The summed E-state index contributed by atoms with van der Waals surface area (Å²) in [5.74, 6) is -0.841. The molecule has 16 heavy (non-hydrogen) atoms. The second-order valence-corrected chi connectivity index (χ2v) is 3.30. The summed E-state index contributed by atoms with van der Waals surface area (Å²) in [5, 5.41) is 9.16. The molecule has 1 aromatic carbocycles. The van der Waals surface area contributed by atoms with E-state index >= 15 is 0 Å². The first-order valence-electron chi connectivity index (χ1n) is 4.41. The number of rotatable bonds is 5. The molecule has 1 rings (SSSR count). The lowest BCUT2D eigenvalue weighted by atomic mass is 10.1. The maximum absolute atomic E-state index is 12.0. The van der Waals surface area contributed by atoms with Crippen molar-refractivity contribution >= 4 is 17.4 Å². The Morgan fingerprint density at radius 3 is 2.75 bits per heavy atom. The minimum atomic E-state index is -3.02. The third-order valence-corrected chi connectivity index (χ3v) is 1.99. The van der Waals surface area contributed by atoms with Crippen molar-refractivity contribution in [2.24, 2.45) is 0 Å². The topological polar surface area (TPSA) is 46.5 Å². The van der Waals surface area contributed by atoms with Crippen LogP contribution in [0.5, 0.6) is 11.5 Å². The number of alkyl halides is 3. The molecule has 0 fully saturated rings. The van der Waals surface area contributed by atoms with E-state index in [1.165, 1.54) is 0 Å². The largest absolute Gasteiger partial charge is 0.508 e. The number of aromatic hydroxyl groups is 1. The van der Waals surface area contributed by atoms with Crippen LogP contribution in [-0.2, 0) is 0 Å². The molecule has 0 aliphatic carbocycles. The van der Waals surface area contributed by atoms with Crippen LogP contribution in [0.4, 0.5) is 8.78 Å². The van der Waals surface area contributed by atoms with Crippen LogP contribution >= 0.6 is 11.6 Å². The van der Waals surface area contributed by atoms with Gasteiger partial charge in [0, 0.05) is 12.3 Å². The Morgan fingerprint density at radius 1 is 1.50 bits per heavy atom. The average Bonchev–Trinajstić information content (AvgIpc) is 2.20. The van der Waals surface area contributed by atoms with Crippen molar-refractivity contribution in [3.63, 3.8) is 0 Å². The number of halogens is 3. The summed E-state index contributed by atoms with van der Waals surface area (Å²) < 4.78 is 28.2. The molecule has 0 aliphatic rings. The molecule has 3 nitrogen and oxygen atoms in total. The third-order valence-electron chi connectivity index (χ3n) is 1.80. The number of phenols is 1. The maximum Gasteiger partial charge on any atom is 0.387 e. The fraction of sp³-hybridized carbons (Fsp3) is 0.300. The second kappa shape index (κ2) is 5.65. The van der Waals surface area contributed by atoms with Gasteiger partial charge in [-0.1, -0.05) is 0 Å². The molecule has 0 bridgehead atoms. The fourth-order valence-electron chi connectivity index (χ4n) is 1.16. The zero-order chi connectivity index (χ0) is 12.1. The zero-order valence-electron chi connectivity index (χ0n) is 8.12. The Morgan fingerprint density at radius 2 is 2.19 bits per heavy atom. The van der Waals surface area contributed by atoms with Gasteiger partial charge in [-0.05, 0) is 18.2 Å². The van der Waals surface area contributed by atoms with E-state index in [2.05, 4.69) is 4.74 Å². The summed E-state index contributed by atoms with van der Waals surface area (Å²) in [7, 11) is 0. The van der Waals surface area contributed by atoms with E-state index in [4.69, 9.17) is 16.7 Å². The lowest BCUT2D eigenvalue weighted by Gasteiger charge is -2.09. The number of carbonyl (C=O) groups is 1. The van der Waals surface area contributed by atoms with Crippen molar-refractivity contribution in [3.05, 3.63) is 23.8 Å². The predicted molar refractivity (Wildman–Crippen MR) is 54.4 cm³/mol. The van der Waals surface area contributed by atoms with Crippen molar-refractivity contribution in [1.82, 2.24) is 0 Å². The highest BCUT2D eigenvalue weighted by Crippen LogP contribution is 2.26. The molecule has 88 valence electrons. The predicted octanol–water partition coefficient (Wildman–Crippen LogP) is 2.81. The Balaban J connectivity index is 3.02. The molecular formula is C10H9ClF2O3. The van der Waals surface area contributed by atoms with Crippen LogP contribution in [0.2, 0.25) is 0 Å². The first-order valence-corrected chi connectivity index (χ1v) is 4.95. The SMILES string of the molecule is O=C(CCCl)c1cc(O)ccc1OC(F)F. The highest BCUT2D eigenvalue weighted by atomic mass is 35.5. The first kappa shape index (κ1) is 12.7. The number of benzene rings is 1. The van der Waals surface area contributed by atoms with Crippen molar-refractivity contribution in [2.75, 3.05) is 5.88 Å². The van der Waals surface area contributed by atoms with Gasteiger partial charge in [-0.15, -0.1) is 11.6 Å². The van der Waals surface area contributed by atoms with Gasteiger partial charge in [-0.3, -0.25) is 4.79 Å². The quantitative estimate of drug-likeness (QED) is 0.646. The molecule has 0 heterocycles. The van der Waals surface area contributed by atoms with Crippen LogP contribution in [0.1, 0.15) is 16.8 Å². The Kier molecular flexibility index (Phi) is 4.49.